The molecule has 1 atom stereocenters. The third-order valence-corrected chi connectivity index (χ3v) is 10.4. The van der Waals surface area contributed by atoms with Crippen molar-refractivity contribution in [2.45, 2.75) is 75.9 Å². The summed E-state index contributed by atoms with van der Waals surface area (Å²) in [5.41, 5.74) is 3.40. The minimum Gasteiger partial charge on any atom is -0.438 e. The molecule has 3 fully saturated rings. The van der Waals surface area contributed by atoms with Crippen LogP contribution in [0.15, 0.2) is 65.8 Å². The van der Waals surface area contributed by atoms with E-state index >= 15 is 0 Å². The first-order valence-electron chi connectivity index (χ1n) is 18.4. The minimum atomic E-state index is -0.609. The number of pyridine rings is 1. The van der Waals surface area contributed by atoms with Gasteiger partial charge in [0, 0.05) is 51.2 Å². The van der Waals surface area contributed by atoms with Crippen LogP contribution >= 0.6 is 0 Å². The Morgan fingerprint density at radius 2 is 1.70 bits per heavy atom. The Morgan fingerprint density at radius 3 is 2.48 bits per heavy atom. The van der Waals surface area contributed by atoms with Gasteiger partial charge in [0.25, 0.3) is 5.91 Å². The third kappa shape index (κ3) is 8.68. The number of fused-ring (bicyclic) bond motifs is 1. The molecular formula is C39H48FN7O3. The molecule has 7 rings (SSSR count). The summed E-state index contributed by atoms with van der Waals surface area (Å²) in [6.45, 7) is 7.17. The standard InChI is InChI=1S/C39H48FN7O3/c40-30-24-34(37(48)43-31-13-15-32(16-14-31)44-38(49)35-26-47-20-2-1-8-36(47)45-35)39(42-25-30)50-33-7-3-6-29(23-33)28-11-9-27(10-12-28)5-4-19-46-21-17-41-18-22-46/h3,6-7,9-12,23-25,31-32,35,41H,1-2,4-5,8,13-22,26H2,(H,43,48)(H,44,49)/t31-,32+,35?. The number of nitrogens with one attached hydrogen (secondary N) is 3. The van der Waals surface area contributed by atoms with E-state index in [2.05, 4.69) is 60.0 Å². The molecule has 3 aromatic rings. The monoisotopic (exact) mass is 681 g/mol. The van der Waals surface area contributed by atoms with Crippen molar-refractivity contribution in [1.82, 2.24) is 30.7 Å². The summed E-state index contributed by atoms with van der Waals surface area (Å²) in [5, 5.41) is 9.65. The van der Waals surface area contributed by atoms with Gasteiger partial charge in [-0.1, -0.05) is 36.4 Å². The Hall–Kier alpha value is -4.35. The molecule has 1 saturated carbocycles. The predicted molar refractivity (Wildman–Crippen MR) is 192 cm³/mol. The number of hydrogen-bond acceptors (Lipinski definition) is 8. The van der Waals surface area contributed by atoms with Crippen LogP contribution in [-0.2, 0) is 11.2 Å². The van der Waals surface area contributed by atoms with E-state index in [1.54, 1.807) is 6.07 Å². The van der Waals surface area contributed by atoms with Crippen molar-refractivity contribution in [3.63, 3.8) is 0 Å². The van der Waals surface area contributed by atoms with Crippen LogP contribution in [0.5, 0.6) is 11.6 Å². The van der Waals surface area contributed by atoms with Gasteiger partial charge in [-0.3, -0.25) is 14.6 Å². The first-order valence-corrected chi connectivity index (χ1v) is 18.4. The van der Waals surface area contributed by atoms with E-state index in [4.69, 9.17) is 4.74 Å². The Balaban J connectivity index is 0.913. The maximum atomic E-state index is 14.4. The molecule has 2 saturated heterocycles. The number of aliphatic imine (C=N–C) groups is 1. The van der Waals surface area contributed by atoms with E-state index in [1.807, 2.05) is 18.2 Å². The van der Waals surface area contributed by atoms with Crippen molar-refractivity contribution in [2.24, 2.45) is 4.99 Å². The molecular weight excluding hydrogens is 633 g/mol. The predicted octanol–water partition coefficient (Wildman–Crippen LogP) is 4.94. The largest absolute Gasteiger partial charge is 0.438 e. The second-order valence-electron chi connectivity index (χ2n) is 14.0. The highest BCUT2D eigenvalue weighted by molar-refractivity contribution is 5.96. The fourth-order valence-corrected chi connectivity index (χ4v) is 7.56. The van der Waals surface area contributed by atoms with E-state index in [9.17, 15) is 14.0 Å². The van der Waals surface area contributed by atoms with Crippen LogP contribution in [0.3, 0.4) is 0 Å². The van der Waals surface area contributed by atoms with Gasteiger partial charge in [0.05, 0.1) is 12.7 Å². The summed E-state index contributed by atoms with van der Waals surface area (Å²) in [6, 6.07) is 17.0. The zero-order chi connectivity index (χ0) is 34.3. The lowest BCUT2D eigenvalue weighted by atomic mass is 9.90. The average molecular weight is 682 g/mol. The molecule has 0 radical (unpaired) electrons. The van der Waals surface area contributed by atoms with Crippen LogP contribution in [0.1, 0.15) is 67.3 Å². The van der Waals surface area contributed by atoms with E-state index in [1.165, 1.54) is 11.6 Å². The Kier molecular flexibility index (Phi) is 11.0. The summed E-state index contributed by atoms with van der Waals surface area (Å²) in [4.78, 5) is 40.0. The SMILES string of the molecule is O=C(N[C@H]1CC[C@@H](NC(=O)C2CN3CCCCC3=N2)CC1)c1cc(F)cnc1Oc1cccc(-c2ccc(CCCN3CCNCC3)cc2)c1. The maximum Gasteiger partial charge on any atom is 0.257 e. The van der Waals surface area contributed by atoms with E-state index in [-0.39, 0.29) is 35.5 Å². The highest BCUT2D eigenvalue weighted by Crippen LogP contribution is 2.30. The fourth-order valence-electron chi connectivity index (χ4n) is 7.56. The smallest absolute Gasteiger partial charge is 0.257 e. The van der Waals surface area contributed by atoms with Gasteiger partial charge in [0.15, 0.2) is 0 Å². The molecule has 4 heterocycles. The van der Waals surface area contributed by atoms with E-state index in [0.29, 0.717) is 25.1 Å². The van der Waals surface area contributed by atoms with Gasteiger partial charge in [0.1, 0.15) is 29.0 Å². The molecule has 0 spiro atoms. The van der Waals surface area contributed by atoms with Gasteiger partial charge >= 0.3 is 0 Å². The first kappa shape index (κ1) is 34.1. The number of nitrogens with zero attached hydrogens (tertiary/aromatic N) is 4. The molecule has 3 aliphatic heterocycles. The molecule has 3 N–H and O–H groups in total. The molecule has 1 unspecified atom stereocenters. The number of amidine groups is 1. The summed E-state index contributed by atoms with van der Waals surface area (Å²) in [7, 11) is 0. The lowest BCUT2D eigenvalue weighted by Gasteiger charge is -2.30. The highest BCUT2D eigenvalue weighted by Gasteiger charge is 2.33. The van der Waals surface area contributed by atoms with Crippen molar-refractivity contribution >= 4 is 17.6 Å². The Bertz CT molecular complexity index is 1670. The zero-order valence-corrected chi connectivity index (χ0v) is 28.7. The van der Waals surface area contributed by atoms with Crippen molar-refractivity contribution in [3.8, 4) is 22.8 Å². The third-order valence-electron chi connectivity index (χ3n) is 10.4. The quantitative estimate of drug-likeness (QED) is 0.263. The number of hydrogen-bond donors (Lipinski definition) is 3. The molecule has 0 bridgehead atoms. The van der Waals surface area contributed by atoms with Crippen molar-refractivity contribution in [3.05, 3.63) is 77.7 Å². The first-order chi connectivity index (χ1) is 24.5. The van der Waals surface area contributed by atoms with Crippen molar-refractivity contribution < 1.29 is 18.7 Å². The number of aryl methyl sites for hydroxylation is 1. The summed E-state index contributed by atoms with van der Waals surface area (Å²) in [5.74, 6) is 0.587. The molecule has 4 aliphatic rings. The van der Waals surface area contributed by atoms with Gasteiger partial charge < -0.3 is 30.5 Å². The number of benzene rings is 2. The fraction of sp³-hybridized carbons (Fsp3) is 0.487. The number of aromatic nitrogens is 1. The lowest BCUT2D eigenvalue weighted by molar-refractivity contribution is -0.123. The number of carbonyl (C=O) groups excluding carboxylic acids is 2. The molecule has 1 aromatic heterocycles. The summed E-state index contributed by atoms with van der Waals surface area (Å²) >= 11 is 0. The molecule has 1 aliphatic carbocycles. The van der Waals surface area contributed by atoms with E-state index in [0.717, 1.165) is 107 Å². The van der Waals surface area contributed by atoms with Gasteiger partial charge in [-0.15, -0.1) is 0 Å². The molecule has 2 aromatic carbocycles. The average Bonchev–Trinajstić information content (AvgIpc) is 3.59. The zero-order valence-electron chi connectivity index (χ0n) is 28.7. The Morgan fingerprint density at radius 1 is 0.920 bits per heavy atom. The number of piperazine rings is 1. The number of amides is 2. The number of halogens is 1. The lowest BCUT2D eigenvalue weighted by Crippen LogP contribution is -2.47. The van der Waals surface area contributed by atoms with Crippen molar-refractivity contribution in [2.75, 3.05) is 45.8 Å². The van der Waals surface area contributed by atoms with Crippen LogP contribution in [0.4, 0.5) is 4.39 Å². The Labute approximate surface area is 293 Å². The number of rotatable bonds is 11. The van der Waals surface area contributed by atoms with Crippen LogP contribution in [0.25, 0.3) is 11.1 Å². The van der Waals surface area contributed by atoms with Crippen molar-refractivity contribution in [1.29, 1.82) is 0 Å². The van der Waals surface area contributed by atoms with Gasteiger partial charge in [-0.05, 0) is 92.8 Å². The van der Waals surface area contributed by atoms with E-state index < -0.39 is 11.7 Å². The van der Waals surface area contributed by atoms with Gasteiger partial charge in [-0.2, -0.15) is 0 Å². The number of carbonyl (C=O) groups is 2. The minimum absolute atomic E-state index is 0.00932. The van der Waals surface area contributed by atoms with Crippen LogP contribution in [0, 0.1) is 5.82 Å². The van der Waals surface area contributed by atoms with Crippen LogP contribution < -0.4 is 20.7 Å². The normalized spacial score (nSPS) is 22.4. The van der Waals surface area contributed by atoms with Crippen LogP contribution in [-0.4, -0.2) is 96.4 Å². The second kappa shape index (κ2) is 16.1. The van der Waals surface area contributed by atoms with Gasteiger partial charge in [0.2, 0.25) is 11.8 Å². The highest BCUT2D eigenvalue weighted by atomic mass is 19.1. The molecule has 10 nitrogen and oxygen atoms in total. The molecule has 50 heavy (non-hydrogen) atoms. The topological polar surface area (TPSA) is 111 Å². The maximum absolute atomic E-state index is 14.4. The summed E-state index contributed by atoms with van der Waals surface area (Å²) < 4.78 is 20.5. The number of piperidine rings is 1. The molecule has 2 amide bonds. The second-order valence-corrected chi connectivity index (χ2v) is 14.0. The number of ether oxygens (including phenoxy) is 1. The summed E-state index contributed by atoms with van der Waals surface area (Å²) in [6.07, 6.45) is 9.41. The molecule has 264 valence electrons. The van der Waals surface area contributed by atoms with Crippen LogP contribution in [0.2, 0.25) is 0 Å². The van der Waals surface area contributed by atoms with Gasteiger partial charge in [-0.25, -0.2) is 9.37 Å². The molecule has 11 heteroatoms.